The zero-order valence-electron chi connectivity index (χ0n) is 11.4. The van der Waals surface area contributed by atoms with Crippen molar-refractivity contribution in [2.24, 2.45) is 11.8 Å². The molecule has 0 aromatic heterocycles. The predicted molar refractivity (Wildman–Crippen MR) is 70.0 cm³/mol. The summed E-state index contributed by atoms with van der Waals surface area (Å²) in [6, 6.07) is 6.26. The van der Waals surface area contributed by atoms with Gasteiger partial charge in [0.25, 0.3) is 0 Å². The van der Waals surface area contributed by atoms with E-state index in [9.17, 15) is 0 Å². The van der Waals surface area contributed by atoms with Crippen molar-refractivity contribution >= 4 is 0 Å². The lowest BCUT2D eigenvalue weighted by atomic mass is 9.96. The molecule has 16 heavy (non-hydrogen) atoms. The zero-order chi connectivity index (χ0) is 12.3. The highest BCUT2D eigenvalue weighted by atomic mass is 16.5. The summed E-state index contributed by atoms with van der Waals surface area (Å²) in [5.74, 6) is 2.12. The van der Waals surface area contributed by atoms with E-state index in [-0.39, 0.29) is 0 Å². The highest BCUT2D eigenvalue weighted by Gasteiger charge is 2.20. The second-order valence-electron chi connectivity index (χ2n) is 5.27. The van der Waals surface area contributed by atoms with Crippen molar-refractivity contribution in [3.05, 3.63) is 29.3 Å². The number of rotatable bonds is 4. The third kappa shape index (κ3) is 3.01. The van der Waals surface area contributed by atoms with Crippen LogP contribution in [0.5, 0.6) is 5.75 Å². The number of hydrogen-bond donors (Lipinski definition) is 0. The monoisotopic (exact) mass is 220 g/mol. The third-order valence-electron chi connectivity index (χ3n) is 3.13. The van der Waals surface area contributed by atoms with E-state index >= 15 is 0 Å². The highest BCUT2D eigenvalue weighted by molar-refractivity contribution is 5.38. The highest BCUT2D eigenvalue weighted by Crippen LogP contribution is 2.26. The van der Waals surface area contributed by atoms with Crippen molar-refractivity contribution in [3.8, 4) is 5.75 Å². The Morgan fingerprint density at radius 3 is 2.00 bits per heavy atom. The molecule has 0 N–H and O–H groups in total. The first-order chi connectivity index (χ1) is 7.43. The van der Waals surface area contributed by atoms with Crippen LogP contribution in [0.15, 0.2) is 18.2 Å². The largest absolute Gasteiger partial charge is 0.490 e. The molecule has 0 saturated carbocycles. The lowest BCUT2D eigenvalue weighted by molar-refractivity contribution is 0.104. The van der Waals surface area contributed by atoms with Crippen LogP contribution in [0.1, 0.15) is 38.8 Å². The second-order valence-corrected chi connectivity index (χ2v) is 5.27. The molecule has 0 aliphatic heterocycles. The van der Waals surface area contributed by atoms with Gasteiger partial charge in [-0.3, -0.25) is 0 Å². The fourth-order valence-corrected chi connectivity index (χ4v) is 2.04. The van der Waals surface area contributed by atoms with Crippen molar-refractivity contribution in [2.75, 3.05) is 0 Å². The quantitative estimate of drug-likeness (QED) is 0.732. The first kappa shape index (κ1) is 13.1. The smallest absolute Gasteiger partial charge is 0.122 e. The maximum absolute atomic E-state index is 6.15. The van der Waals surface area contributed by atoms with Crippen LogP contribution < -0.4 is 4.74 Å². The van der Waals surface area contributed by atoms with Crippen molar-refractivity contribution < 1.29 is 4.74 Å². The molecule has 0 spiro atoms. The second kappa shape index (κ2) is 5.38. The van der Waals surface area contributed by atoms with Gasteiger partial charge < -0.3 is 4.74 Å². The molecule has 90 valence electrons. The van der Waals surface area contributed by atoms with Crippen LogP contribution in [-0.4, -0.2) is 6.10 Å². The van der Waals surface area contributed by atoms with Gasteiger partial charge in [-0.1, -0.05) is 39.8 Å². The van der Waals surface area contributed by atoms with Gasteiger partial charge in [0.1, 0.15) is 11.9 Å². The van der Waals surface area contributed by atoms with Crippen LogP contribution >= 0.6 is 0 Å². The van der Waals surface area contributed by atoms with Gasteiger partial charge in [0.15, 0.2) is 0 Å². The molecule has 1 aromatic carbocycles. The normalized spacial score (nSPS) is 11.6. The van der Waals surface area contributed by atoms with Gasteiger partial charge in [-0.15, -0.1) is 0 Å². The number of ether oxygens (including phenoxy) is 1. The zero-order valence-corrected chi connectivity index (χ0v) is 11.4. The molecule has 0 aliphatic rings. The SMILES string of the molecule is Cc1cccc(OC(C(C)C)C(C)C)c1C. The van der Waals surface area contributed by atoms with E-state index in [0.29, 0.717) is 17.9 Å². The maximum atomic E-state index is 6.15. The minimum atomic E-state index is 0.292. The van der Waals surface area contributed by atoms with Gasteiger partial charge in [-0.2, -0.15) is 0 Å². The van der Waals surface area contributed by atoms with E-state index in [1.54, 1.807) is 0 Å². The van der Waals surface area contributed by atoms with E-state index < -0.39 is 0 Å². The van der Waals surface area contributed by atoms with Crippen molar-refractivity contribution in [3.63, 3.8) is 0 Å². The Kier molecular flexibility index (Phi) is 4.40. The molecule has 1 heteroatoms. The van der Waals surface area contributed by atoms with E-state index in [1.165, 1.54) is 11.1 Å². The van der Waals surface area contributed by atoms with Gasteiger partial charge in [0.2, 0.25) is 0 Å². The number of hydrogen-bond acceptors (Lipinski definition) is 1. The summed E-state index contributed by atoms with van der Waals surface area (Å²) in [6.07, 6.45) is 0.292. The van der Waals surface area contributed by atoms with Crippen LogP contribution in [-0.2, 0) is 0 Å². The summed E-state index contributed by atoms with van der Waals surface area (Å²) < 4.78 is 6.15. The van der Waals surface area contributed by atoms with E-state index in [4.69, 9.17) is 4.74 Å². The molecule has 0 bridgehead atoms. The Hall–Kier alpha value is -0.980. The molecule has 0 fully saturated rings. The molecular weight excluding hydrogens is 196 g/mol. The minimum Gasteiger partial charge on any atom is -0.490 e. The van der Waals surface area contributed by atoms with Gasteiger partial charge in [0, 0.05) is 0 Å². The fourth-order valence-electron chi connectivity index (χ4n) is 2.04. The first-order valence-electron chi connectivity index (χ1n) is 6.16. The standard InChI is InChI=1S/C15H24O/c1-10(2)15(11(3)4)16-14-9-7-8-12(5)13(14)6/h7-11,15H,1-6H3. The Balaban J connectivity index is 2.90. The van der Waals surface area contributed by atoms with Gasteiger partial charge >= 0.3 is 0 Å². The summed E-state index contributed by atoms with van der Waals surface area (Å²) >= 11 is 0. The third-order valence-corrected chi connectivity index (χ3v) is 3.13. The molecule has 0 radical (unpaired) electrons. The summed E-state index contributed by atoms with van der Waals surface area (Å²) in [5, 5.41) is 0. The lowest BCUT2D eigenvalue weighted by Gasteiger charge is -2.27. The number of aryl methyl sites for hydroxylation is 1. The Morgan fingerprint density at radius 2 is 1.50 bits per heavy atom. The molecule has 0 heterocycles. The Labute approximate surface area is 99.8 Å². The summed E-state index contributed by atoms with van der Waals surface area (Å²) in [4.78, 5) is 0. The Morgan fingerprint density at radius 1 is 0.938 bits per heavy atom. The average molecular weight is 220 g/mol. The molecule has 1 aromatic rings. The number of benzene rings is 1. The van der Waals surface area contributed by atoms with Crippen LogP contribution in [0.3, 0.4) is 0 Å². The van der Waals surface area contributed by atoms with Crippen molar-refractivity contribution in [1.82, 2.24) is 0 Å². The minimum absolute atomic E-state index is 0.292. The van der Waals surface area contributed by atoms with Crippen LogP contribution in [0.4, 0.5) is 0 Å². The first-order valence-corrected chi connectivity index (χ1v) is 6.16. The summed E-state index contributed by atoms with van der Waals surface area (Å²) in [6.45, 7) is 13.1. The average Bonchev–Trinajstić information content (AvgIpc) is 2.19. The van der Waals surface area contributed by atoms with E-state index in [0.717, 1.165) is 5.75 Å². The molecule has 0 aliphatic carbocycles. The molecule has 1 rings (SSSR count). The van der Waals surface area contributed by atoms with E-state index in [1.807, 2.05) is 0 Å². The van der Waals surface area contributed by atoms with Crippen LogP contribution in [0.25, 0.3) is 0 Å². The Bertz CT molecular complexity index is 331. The predicted octanol–water partition coefficient (Wildman–Crippen LogP) is 4.36. The van der Waals surface area contributed by atoms with Gasteiger partial charge in [-0.05, 0) is 42.9 Å². The molecule has 0 unspecified atom stereocenters. The molecule has 1 nitrogen and oxygen atoms in total. The van der Waals surface area contributed by atoms with Crippen LogP contribution in [0.2, 0.25) is 0 Å². The van der Waals surface area contributed by atoms with Gasteiger partial charge in [-0.25, -0.2) is 0 Å². The summed E-state index contributed by atoms with van der Waals surface area (Å²) in [7, 11) is 0. The van der Waals surface area contributed by atoms with Crippen molar-refractivity contribution in [2.45, 2.75) is 47.6 Å². The van der Waals surface area contributed by atoms with Gasteiger partial charge in [0.05, 0.1) is 0 Å². The van der Waals surface area contributed by atoms with E-state index in [2.05, 4.69) is 59.7 Å². The molecule has 0 atom stereocenters. The summed E-state index contributed by atoms with van der Waals surface area (Å²) in [5.41, 5.74) is 2.55. The molecule has 0 amide bonds. The lowest BCUT2D eigenvalue weighted by Crippen LogP contribution is -2.29. The fraction of sp³-hybridized carbons (Fsp3) is 0.600. The van der Waals surface area contributed by atoms with Crippen molar-refractivity contribution in [1.29, 1.82) is 0 Å². The topological polar surface area (TPSA) is 9.23 Å². The molecular formula is C15H24O. The maximum Gasteiger partial charge on any atom is 0.122 e. The van der Waals surface area contributed by atoms with Crippen LogP contribution in [0, 0.1) is 25.7 Å². The molecule has 0 saturated heterocycles.